The fraction of sp³-hybridized carbons (Fsp3) is 0.211. The minimum Gasteiger partial charge on any atom is -0.355 e. The largest absolute Gasteiger partial charge is 0.355 e. The maximum atomic E-state index is 12.9. The minimum absolute atomic E-state index is 0.0989. The molecule has 0 radical (unpaired) electrons. The number of carbonyl (C=O) groups is 1. The molecule has 2 aromatic carbocycles. The molecule has 25 heavy (non-hydrogen) atoms. The van der Waals surface area contributed by atoms with E-state index in [0.29, 0.717) is 29.7 Å². The standard InChI is InChI=1S/C19H18FN3O2/c1-23-17(22-16-5-3-2-4-15(16)19(23)25)10-11-21-18(24)12-13-6-8-14(20)9-7-13/h2-9H,10-12H2,1H3,(H,21,24). The van der Waals surface area contributed by atoms with Crippen molar-refractivity contribution in [3.05, 3.63) is 76.1 Å². The Hall–Kier alpha value is -3.02. The van der Waals surface area contributed by atoms with Gasteiger partial charge < -0.3 is 5.32 Å². The van der Waals surface area contributed by atoms with Gasteiger partial charge in [-0.2, -0.15) is 0 Å². The molecule has 128 valence electrons. The van der Waals surface area contributed by atoms with E-state index < -0.39 is 0 Å². The van der Waals surface area contributed by atoms with E-state index in [9.17, 15) is 14.0 Å². The molecule has 0 saturated carbocycles. The number of carbonyl (C=O) groups excluding carboxylic acids is 1. The number of benzene rings is 2. The first-order valence-electron chi connectivity index (χ1n) is 8.00. The summed E-state index contributed by atoms with van der Waals surface area (Å²) >= 11 is 0. The number of hydrogen-bond donors (Lipinski definition) is 1. The van der Waals surface area contributed by atoms with Crippen LogP contribution in [0.2, 0.25) is 0 Å². The van der Waals surface area contributed by atoms with Gasteiger partial charge in [0.2, 0.25) is 5.91 Å². The lowest BCUT2D eigenvalue weighted by molar-refractivity contribution is -0.120. The van der Waals surface area contributed by atoms with Crippen LogP contribution in [0.25, 0.3) is 10.9 Å². The molecular weight excluding hydrogens is 321 g/mol. The molecule has 3 aromatic rings. The van der Waals surface area contributed by atoms with Crippen LogP contribution in [-0.4, -0.2) is 22.0 Å². The normalized spacial score (nSPS) is 10.8. The van der Waals surface area contributed by atoms with E-state index in [1.54, 1.807) is 37.4 Å². The summed E-state index contributed by atoms with van der Waals surface area (Å²) in [6.07, 6.45) is 0.635. The third-order valence-electron chi connectivity index (χ3n) is 4.02. The Labute approximate surface area is 144 Å². The zero-order chi connectivity index (χ0) is 17.8. The number of nitrogens with one attached hydrogen (secondary N) is 1. The molecule has 0 saturated heterocycles. The van der Waals surface area contributed by atoms with Crippen molar-refractivity contribution in [3.8, 4) is 0 Å². The van der Waals surface area contributed by atoms with Crippen molar-refractivity contribution in [3.63, 3.8) is 0 Å². The third kappa shape index (κ3) is 3.91. The van der Waals surface area contributed by atoms with Crippen LogP contribution >= 0.6 is 0 Å². The molecule has 6 heteroatoms. The number of aromatic nitrogens is 2. The zero-order valence-electron chi connectivity index (χ0n) is 13.8. The van der Waals surface area contributed by atoms with Crippen molar-refractivity contribution >= 4 is 16.8 Å². The summed E-state index contributed by atoms with van der Waals surface area (Å²) in [6, 6.07) is 13.0. The number of hydrogen-bond acceptors (Lipinski definition) is 3. The summed E-state index contributed by atoms with van der Waals surface area (Å²) in [7, 11) is 1.68. The predicted octanol–water partition coefficient (Wildman–Crippen LogP) is 1.97. The quantitative estimate of drug-likeness (QED) is 0.773. The first kappa shape index (κ1) is 16.8. The number of amides is 1. The molecule has 0 unspecified atom stereocenters. The van der Waals surface area contributed by atoms with Gasteiger partial charge >= 0.3 is 0 Å². The van der Waals surface area contributed by atoms with Crippen LogP contribution < -0.4 is 10.9 Å². The number of nitrogens with zero attached hydrogens (tertiary/aromatic N) is 2. The van der Waals surface area contributed by atoms with E-state index >= 15 is 0 Å². The first-order valence-corrected chi connectivity index (χ1v) is 8.00. The van der Waals surface area contributed by atoms with Gasteiger partial charge in [0.15, 0.2) is 0 Å². The topological polar surface area (TPSA) is 64.0 Å². The molecule has 0 aliphatic rings. The van der Waals surface area contributed by atoms with Gasteiger partial charge in [-0.25, -0.2) is 9.37 Å². The van der Waals surface area contributed by atoms with Gasteiger partial charge in [-0.15, -0.1) is 0 Å². The third-order valence-corrected chi connectivity index (χ3v) is 4.02. The van der Waals surface area contributed by atoms with E-state index in [-0.39, 0.29) is 23.7 Å². The lowest BCUT2D eigenvalue weighted by Gasteiger charge is -2.10. The fourth-order valence-corrected chi connectivity index (χ4v) is 2.65. The summed E-state index contributed by atoms with van der Waals surface area (Å²) in [5.41, 5.74) is 1.30. The predicted molar refractivity (Wildman–Crippen MR) is 93.8 cm³/mol. The highest BCUT2D eigenvalue weighted by Gasteiger charge is 2.09. The molecule has 0 bridgehead atoms. The number of rotatable bonds is 5. The van der Waals surface area contributed by atoms with Crippen molar-refractivity contribution < 1.29 is 9.18 Å². The van der Waals surface area contributed by atoms with Crippen molar-refractivity contribution in [2.24, 2.45) is 7.05 Å². The molecule has 0 spiro atoms. The molecule has 0 aliphatic heterocycles. The Kier molecular flexibility index (Phi) is 4.88. The molecule has 0 atom stereocenters. The number of para-hydroxylation sites is 1. The maximum Gasteiger partial charge on any atom is 0.261 e. The summed E-state index contributed by atoms with van der Waals surface area (Å²) in [4.78, 5) is 28.8. The van der Waals surface area contributed by atoms with E-state index in [1.165, 1.54) is 16.7 Å². The monoisotopic (exact) mass is 339 g/mol. The Balaban J connectivity index is 1.63. The van der Waals surface area contributed by atoms with E-state index in [4.69, 9.17) is 0 Å². The molecule has 1 amide bonds. The molecule has 5 nitrogen and oxygen atoms in total. The van der Waals surface area contributed by atoms with E-state index in [0.717, 1.165) is 5.56 Å². The second-order valence-corrected chi connectivity index (χ2v) is 5.81. The molecule has 0 aliphatic carbocycles. The summed E-state index contributed by atoms with van der Waals surface area (Å²) in [5, 5.41) is 3.38. The van der Waals surface area contributed by atoms with Crippen LogP contribution in [-0.2, 0) is 24.7 Å². The van der Waals surface area contributed by atoms with Gasteiger partial charge in [0.05, 0.1) is 17.3 Å². The van der Waals surface area contributed by atoms with E-state index in [1.807, 2.05) is 6.07 Å². The second kappa shape index (κ2) is 7.25. The highest BCUT2D eigenvalue weighted by atomic mass is 19.1. The molecular formula is C19H18FN3O2. The first-order chi connectivity index (χ1) is 12.0. The Morgan fingerprint density at radius 3 is 2.64 bits per heavy atom. The van der Waals surface area contributed by atoms with Gasteiger partial charge in [-0.05, 0) is 29.8 Å². The van der Waals surface area contributed by atoms with Crippen molar-refractivity contribution in [1.82, 2.24) is 14.9 Å². The van der Waals surface area contributed by atoms with Gasteiger partial charge in [0, 0.05) is 20.0 Å². The van der Waals surface area contributed by atoms with Gasteiger partial charge in [0.1, 0.15) is 11.6 Å². The van der Waals surface area contributed by atoms with Crippen molar-refractivity contribution in [2.75, 3.05) is 6.54 Å². The molecule has 1 heterocycles. The smallest absolute Gasteiger partial charge is 0.261 e. The average Bonchev–Trinajstić information content (AvgIpc) is 2.61. The van der Waals surface area contributed by atoms with Crippen LogP contribution in [0.5, 0.6) is 0 Å². The minimum atomic E-state index is -0.326. The van der Waals surface area contributed by atoms with Crippen LogP contribution in [0, 0.1) is 5.82 Å². The fourth-order valence-electron chi connectivity index (χ4n) is 2.65. The highest BCUT2D eigenvalue weighted by Crippen LogP contribution is 2.07. The van der Waals surface area contributed by atoms with Crippen LogP contribution in [0.15, 0.2) is 53.3 Å². The second-order valence-electron chi connectivity index (χ2n) is 5.81. The zero-order valence-corrected chi connectivity index (χ0v) is 13.8. The Morgan fingerprint density at radius 2 is 1.88 bits per heavy atom. The Morgan fingerprint density at radius 1 is 1.16 bits per heavy atom. The summed E-state index contributed by atoms with van der Waals surface area (Å²) in [5.74, 6) is 0.135. The Bertz CT molecular complexity index is 965. The lowest BCUT2D eigenvalue weighted by atomic mass is 10.1. The SMILES string of the molecule is Cn1c(CCNC(=O)Cc2ccc(F)cc2)nc2ccccc2c1=O. The average molecular weight is 339 g/mol. The van der Waals surface area contributed by atoms with E-state index in [2.05, 4.69) is 10.3 Å². The number of fused-ring (bicyclic) bond motifs is 1. The molecule has 1 aromatic heterocycles. The van der Waals surface area contributed by atoms with Crippen LogP contribution in [0.3, 0.4) is 0 Å². The highest BCUT2D eigenvalue weighted by molar-refractivity contribution is 5.78. The summed E-state index contributed by atoms with van der Waals surface area (Å²) < 4.78 is 14.4. The van der Waals surface area contributed by atoms with Crippen LogP contribution in [0.1, 0.15) is 11.4 Å². The molecule has 3 rings (SSSR count). The van der Waals surface area contributed by atoms with Gasteiger partial charge in [0.25, 0.3) is 5.56 Å². The van der Waals surface area contributed by atoms with Gasteiger partial charge in [-0.1, -0.05) is 24.3 Å². The van der Waals surface area contributed by atoms with Crippen molar-refractivity contribution in [2.45, 2.75) is 12.8 Å². The van der Waals surface area contributed by atoms with Gasteiger partial charge in [-0.3, -0.25) is 14.2 Å². The maximum absolute atomic E-state index is 12.9. The molecule has 1 N–H and O–H groups in total. The van der Waals surface area contributed by atoms with Crippen LogP contribution in [0.4, 0.5) is 4.39 Å². The summed E-state index contributed by atoms with van der Waals surface area (Å²) in [6.45, 7) is 0.374. The number of halogens is 1. The molecule has 0 fully saturated rings. The van der Waals surface area contributed by atoms with Crippen molar-refractivity contribution in [1.29, 1.82) is 0 Å². The lowest BCUT2D eigenvalue weighted by Crippen LogP contribution is -2.30.